The molecule has 0 saturated heterocycles. The predicted octanol–water partition coefficient (Wildman–Crippen LogP) is 10.0. The molecule has 4 aromatic rings. The average Bonchev–Trinajstić information content (AvgIpc) is 3.65. The summed E-state index contributed by atoms with van der Waals surface area (Å²) in [7, 11) is 1.26. The number of carbonyl (C=O) groups excluding carboxylic acids is 1. The molecule has 0 radical (unpaired) electrons. The van der Waals surface area contributed by atoms with Crippen LogP contribution in [0.4, 0.5) is 37.7 Å². The quantitative estimate of drug-likeness (QED) is 0.113. The van der Waals surface area contributed by atoms with E-state index in [4.69, 9.17) is 4.74 Å². The number of carbonyl (C=O) groups is 2. The van der Waals surface area contributed by atoms with Gasteiger partial charge < -0.3 is 9.84 Å². The van der Waals surface area contributed by atoms with Crippen molar-refractivity contribution < 1.29 is 45.8 Å². The zero-order chi connectivity index (χ0) is 41.7. The Morgan fingerprint density at radius 1 is 0.632 bits per heavy atom. The third-order valence-corrected chi connectivity index (χ3v) is 10.6. The number of hydrogen-bond acceptors (Lipinski definition) is 7. The third-order valence-electron chi connectivity index (χ3n) is 10.6. The molecule has 4 atom stereocenters. The lowest BCUT2D eigenvalue weighted by Crippen LogP contribution is -2.54. The van der Waals surface area contributed by atoms with Crippen LogP contribution in [-0.4, -0.2) is 46.7 Å². The van der Waals surface area contributed by atoms with Crippen LogP contribution in [0.2, 0.25) is 0 Å². The minimum atomic E-state index is -1.57. The largest absolute Gasteiger partial charge is 0.479 e. The number of anilines is 2. The molecule has 2 aliphatic rings. The fraction of sp³-hybridized carbons (Fsp3) is 0.349. The Kier molecular flexibility index (Phi) is 13.2. The van der Waals surface area contributed by atoms with Crippen LogP contribution in [0.5, 0.6) is 0 Å². The molecule has 0 saturated carbocycles. The van der Waals surface area contributed by atoms with E-state index in [0.29, 0.717) is 41.5 Å². The number of carboxylic acid groups (broad SMARTS) is 1. The Labute approximate surface area is 327 Å². The van der Waals surface area contributed by atoms with Crippen molar-refractivity contribution in [1.82, 2.24) is 0 Å². The van der Waals surface area contributed by atoms with Crippen molar-refractivity contribution in [2.45, 2.75) is 77.3 Å². The maximum absolute atomic E-state index is 14.6. The fourth-order valence-corrected chi connectivity index (χ4v) is 7.39. The van der Waals surface area contributed by atoms with Gasteiger partial charge in [0.15, 0.2) is 22.7 Å². The number of nitrogens with zero attached hydrogens (tertiary/aromatic N) is 4. The molecule has 57 heavy (non-hydrogen) atoms. The van der Waals surface area contributed by atoms with Gasteiger partial charge in [-0.3, -0.25) is 0 Å². The number of esters is 1. The number of aliphatic carboxylic acids is 1. The molecule has 0 aliphatic carbocycles. The molecule has 0 amide bonds. The highest BCUT2D eigenvalue weighted by Crippen LogP contribution is 2.44. The van der Waals surface area contributed by atoms with Gasteiger partial charge in [0.1, 0.15) is 23.3 Å². The summed E-state index contributed by atoms with van der Waals surface area (Å²) in [6.07, 6.45) is 4.38. The molecule has 302 valence electrons. The molecule has 2 heterocycles. The lowest BCUT2D eigenvalue weighted by Gasteiger charge is -2.36. The highest BCUT2D eigenvalue weighted by atomic mass is 19.2. The maximum atomic E-state index is 14.6. The zero-order valence-electron chi connectivity index (χ0n) is 32.2. The third kappa shape index (κ3) is 8.40. The first-order valence-corrected chi connectivity index (χ1v) is 18.6. The van der Waals surface area contributed by atoms with E-state index in [0.717, 1.165) is 48.9 Å². The molecule has 2 aliphatic heterocycles. The Morgan fingerprint density at radius 3 is 1.35 bits per heavy atom. The van der Waals surface area contributed by atoms with Crippen LogP contribution in [0.3, 0.4) is 0 Å². The summed E-state index contributed by atoms with van der Waals surface area (Å²) in [4.78, 5) is 25.2. The van der Waals surface area contributed by atoms with Gasteiger partial charge in [0.2, 0.25) is 0 Å². The second-order valence-electron chi connectivity index (χ2n) is 14.3. The van der Waals surface area contributed by atoms with Crippen LogP contribution in [-0.2, 0) is 14.3 Å². The molecule has 14 heteroatoms. The van der Waals surface area contributed by atoms with Crippen molar-refractivity contribution in [3.05, 3.63) is 131 Å². The number of rotatable bonds is 12. The van der Waals surface area contributed by atoms with Crippen molar-refractivity contribution in [3.8, 4) is 0 Å². The van der Waals surface area contributed by atoms with Crippen molar-refractivity contribution in [1.29, 1.82) is 0 Å². The van der Waals surface area contributed by atoms with E-state index in [1.54, 1.807) is 19.1 Å². The predicted molar refractivity (Wildman–Crippen MR) is 206 cm³/mol. The van der Waals surface area contributed by atoms with Gasteiger partial charge in [0, 0.05) is 24.0 Å². The van der Waals surface area contributed by atoms with Gasteiger partial charge in [0.05, 0.1) is 29.9 Å². The molecular formula is C43H44F6N4O4. The molecule has 4 unspecified atom stereocenters. The highest BCUT2D eigenvalue weighted by Gasteiger charge is 2.56. The standard InChI is InChI=1S/C22H23F3N2O2.C21H21F3N2O2/c1-4-5-6-17-20(14-7-9-15(23)10-8-14)26-27(22(17,2)21(28)29-3)19-12-11-16(24)13-18(19)25;1-3-4-5-16-19(13-6-8-14(22)9-7-13)25-26(21(16,2)20(27)28)18-11-10-15(23)12-17(18)24/h7-13,17H,4-6H2,1-3H3;6-12,16H,3-5H2,1-2H3,(H,27,28). The number of ether oxygens (including phenoxy) is 1. The van der Waals surface area contributed by atoms with Gasteiger partial charge >= 0.3 is 11.9 Å². The molecule has 6 rings (SSSR count). The topological polar surface area (TPSA) is 94.8 Å². The average molecular weight is 795 g/mol. The minimum Gasteiger partial charge on any atom is -0.479 e. The first-order valence-electron chi connectivity index (χ1n) is 18.6. The number of methoxy groups -OCH3 is 1. The van der Waals surface area contributed by atoms with Gasteiger partial charge in [-0.15, -0.1) is 0 Å². The Balaban J connectivity index is 0.000000218. The summed E-state index contributed by atoms with van der Waals surface area (Å²) in [6.45, 7) is 7.14. The summed E-state index contributed by atoms with van der Waals surface area (Å²) in [5, 5.41) is 21.5. The summed E-state index contributed by atoms with van der Waals surface area (Å²) < 4.78 is 87.8. The number of hydrogen-bond donors (Lipinski definition) is 1. The Bertz CT molecular complexity index is 2150. The van der Waals surface area contributed by atoms with E-state index in [9.17, 15) is 41.0 Å². The molecule has 8 nitrogen and oxygen atoms in total. The molecule has 0 bridgehead atoms. The maximum Gasteiger partial charge on any atom is 0.334 e. The van der Waals surface area contributed by atoms with Crippen LogP contribution in [0, 0.1) is 46.7 Å². The highest BCUT2D eigenvalue weighted by molar-refractivity contribution is 6.10. The molecular weight excluding hydrogens is 750 g/mol. The van der Waals surface area contributed by atoms with E-state index in [1.165, 1.54) is 67.6 Å². The summed E-state index contributed by atoms with van der Waals surface area (Å²) >= 11 is 0. The Morgan fingerprint density at radius 2 is 1.00 bits per heavy atom. The normalized spacial score (nSPS) is 21.5. The SMILES string of the molecule is CCCCC1C(c2ccc(F)cc2)=NN(c2ccc(F)cc2F)C1(C)C(=O)O.CCCCC1C(c2ccc(F)cc2)=NN(c2ccc(F)cc2F)C1(C)C(=O)OC. The molecule has 0 spiro atoms. The van der Waals surface area contributed by atoms with Gasteiger partial charge in [-0.2, -0.15) is 10.2 Å². The van der Waals surface area contributed by atoms with Crippen molar-refractivity contribution in [2.75, 3.05) is 17.1 Å². The van der Waals surface area contributed by atoms with Crippen LogP contribution >= 0.6 is 0 Å². The van der Waals surface area contributed by atoms with Gasteiger partial charge in [0.25, 0.3) is 0 Å². The van der Waals surface area contributed by atoms with E-state index in [2.05, 4.69) is 10.2 Å². The summed E-state index contributed by atoms with van der Waals surface area (Å²) in [5.41, 5.74) is -0.878. The van der Waals surface area contributed by atoms with E-state index in [1.807, 2.05) is 13.8 Å². The Hall–Kier alpha value is -5.66. The van der Waals surface area contributed by atoms with Gasteiger partial charge in [-0.25, -0.2) is 45.9 Å². The number of benzene rings is 4. The van der Waals surface area contributed by atoms with Crippen LogP contribution in [0.1, 0.15) is 77.3 Å². The van der Waals surface area contributed by atoms with Crippen molar-refractivity contribution in [2.24, 2.45) is 22.0 Å². The second kappa shape index (κ2) is 17.6. The zero-order valence-corrected chi connectivity index (χ0v) is 32.2. The first kappa shape index (κ1) is 42.5. The van der Waals surface area contributed by atoms with Crippen LogP contribution in [0.25, 0.3) is 0 Å². The van der Waals surface area contributed by atoms with E-state index in [-0.39, 0.29) is 11.4 Å². The minimum absolute atomic E-state index is 0.0297. The lowest BCUT2D eigenvalue weighted by molar-refractivity contribution is -0.147. The molecule has 0 fully saturated rings. The first-order chi connectivity index (χ1) is 27.1. The monoisotopic (exact) mass is 794 g/mol. The lowest BCUT2D eigenvalue weighted by atomic mass is 9.77. The van der Waals surface area contributed by atoms with Crippen LogP contribution < -0.4 is 10.0 Å². The van der Waals surface area contributed by atoms with Crippen molar-refractivity contribution >= 4 is 34.7 Å². The summed E-state index contributed by atoms with van der Waals surface area (Å²) in [6, 6.07) is 17.4. The van der Waals surface area contributed by atoms with Crippen LogP contribution in [0.15, 0.2) is 95.1 Å². The number of unbranched alkanes of at least 4 members (excludes halogenated alkanes) is 2. The molecule has 1 N–H and O–H groups in total. The summed E-state index contributed by atoms with van der Waals surface area (Å²) in [5.74, 6) is -6.77. The number of hydrazone groups is 2. The number of halogens is 6. The van der Waals surface area contributed by atoms with E-state index < -0.39 is 69.8 Å². The second-order valence-corrected chi connectivity index (χ2v) is 14.3. The molecule has 0 aromatic heterocycles. The van der Waals surface area contributed by atoms with Crippen molar-refractivity contribution in [3.63, 3.8) is 0 Å². The molecule has 4 aromatic carbocycles. The number of carboxylic acids is 1. The smallest absolute Gasteiger partial charge is 0.334 e. The van der Waals surface area contributed by atoms with E-state index >= 15 is 0 Å². The van der Waals surface area contributed by atoms with Gasteiger partial charge in [-0.05, 0) is 86.3 Å². The fourth-order valence-electron chi connectivity index (χ4n) is 7.39. The van der Waals surface area contributed by atoms with Gasteiger partial charge in [-0.1, -0.05) is 63.8 Å².